The van der Waals surface area contributed by atoms with Crippen molar-refractivity contribution in [3.63, 3.8) is 0 Å². The van der Waals surface area contributed by atoms with Crippen LogP contribution in [-0.4, -0.2) is 30.8 Å². The van der Waals surface area contributed by atoms with Crippen LogP contribution in [0.3, 0.4) is 0 Å². The third-order valence-electron chi connectivity index (χ3n) is 4.44. The second kappa shape index (κ2) is 7.15. The number of nitrogens with two attached hydrogens (primary N) is 1. The summed E-state index contributed by atoms with van der Waals surface area (Å²) in [5.74, 6) is 6.11. The number of amides is 1. The summed E-state index contributed by atoms with van der Waals surface area (Å²) in [6.07, 6.45) is 3.99. The first-order valence-corrected chi connectivity index (χ1v) is 9.39. The fourth-order valence-corrected chi connectivity index (χ4v) is 3.21. The minimum Gasteiger partial charge on any atom is -0.396 e. The molecule has 29 heavy (non-hydrogen) atoms. The molecule has 1 aromatic carbocycles. The summed E-state index contributed by atoms with van der Waals surface area (Å²) in [7, 11) is 0. The lowest BCUT2D eigenvalue weighted by Gasteiger charge is -2.23. The van der Waals surface area contributed by atoms with Gasteiger partial charge >= 0.3 is 0 Å². The molecule has 0 saturated heterocycles. The van der Waals surface area contributed by atoms with Gasteiger partial charge in [-0.05, 0) is 44.0 Å². The number of carbonyl (C=O) groups is 1. The van der Waals surface area contributed by atoms with Gasteiger partial charge in [-0.15, -0.1) is 0 Å². The maximum absolute atomic E-state index is 12.6. The SMILES string of the molecule is CC(C)(CC#Cc1cnc2c(N)cccn12)NC(=O)c1nc2c(Cl)cccc2[nH]1. The molecule has 0 atom stereocenters. The first-order chi connectivity index (χ1) is 13.8. The van der Waals surface area contributed by atoms with Crippen molar-refractivity contribution in [1.82, 2.24) is 24.7 Å². The van der Waals surface area contributed by atoms with E-state index in [0.29, 0.717) is 33.8 Å². The van der Waals surface area contributed by atoms with Crippen molar-refractivity contribution in [2.45, 2.75) is 25.8 Å². The van der Waals surface area contributed by atoms with E-state index < -0.39 is 5.54 Å². The van der Waals surface area contributed by atoms with E-state index in [1.165, 1.54) is 0 Å². The second-order valence-corrected chi connectivity index (χ2v) is 7.75. The Morgan fingerprint density at radius 1 is 1.34 bits per heavy atom. The van der Waals surface area contributed by atoms with Crippen LogP contribution >= 0.6 is 11.6 Å². The molecule has 0 bridgehead atoms. The average molecular weight is 407 g/mol. The Morgan fingerprint density at radius 2 is 2.17 bits per heavy atom. The van der Waals surface area contributed by atoms with Gasteiger partial charge in [0.2, 0.25) is 0 Å². The molecule has 0 unspecified atom stereocenters. The lowest BCUT2D eigenvalue weighted by atomic mass is 10.0. The van der Waals surface area contributed by atoms with E-state index in [0.717, 1.165) is 5.69 Å². The Labute approximate surface area is 172 Å². The van der Waals surface area contributed by atoms with Gasteiger partial charge in [0.1, 0.15) is 11.2 Å². The molecule has 0 radical (unpaired) electrons. The van der Waals surface area contributed by atoms with Crippen molar-refractivity contribution >= 4 is 39.9 Å². The maximum Gasteiger partial charge on any atom is 0.287 e. The molecule has 8 heteroatoms. The lowest BCUT2D eigenvalue weighted by Crippen LogP contribution is -2.43. The number of H-pyrrole nitrogens is 1. The molecule has 0 aliphatic rings. The number of rotatable bonds is 3. The number of nitrogen functional groups attached to an aromatic ring is 1. The third-order valence-corrected chi connectivity index (χ3v) is 4.75. The largest absolute Gasteiger partial charge is 0.396 e. The number of nitrogens with zero attached hydrogens (tertiary/aromatic N) is 3. The van der Waals surface area contributed by atoms with Crippen LogP contribution in [0.25, 0.3) is 16.7 Å². The summed E-state index contributed by atoms with van der Waals surface area (Å²) in [5, 5.41) is 3.46. The molecule has 0 aliphatic heterocycles. The van der Waals surface area contributed by atoms with Crippen molar-refractivity contribution in [3.8, 4) is 11.8 Å². The summed E-state index contributed by atoms with van der Waals surface area (Å²) >= 11 is 6.13. The Bertz CT molecular complexity index is 1290. The highest BCUT2D eigenvalue weighted by atomic mass is 35.5. The van der Waals surface area contributed by atoms with Gasteiger partial charge in [0.05, 0.1) is 22.4 Å². The van der Waals surface area contributed by atoms with E-state index in [4.69, 9.17) is 17.3 Å². The third kappa shape index (κ3) is 3.75. The van der Waals surface area contributed by atoms with E-state index >= 15 is 0 Å². The van der Waals surface area contributed by atoms with Gasteiger partial charge in [-0.25, -0.2) is 9.97 Å². The highest BCUT2D eigenvalue weighted by Crippen LogP contribution is 2.21. The summed E-state index contributed by atoms with van der Waals surface area (Å²) in [4.78, 5) is 24.2. The Kier molecular flexibility index (Phi) is 4.65. The summed E-state index contributed by atoms with van der Waals surface area (Å²) < 4.78 is 1.84. The van der Waals surface area contributed by atoms with Gasteiger partial charge in [0.25, 0.3) is 5.91 Å². The minimum atomic E-state index is -0.563. The number of halogens is 1. The molecule has 1 amide bonds. The molecule has 0 fully saturated rings. The van der Waals surface area contributed by atoms with E-state index in [9.17, 15) is 4.79 Å². The summed E-state index contributed by atoms with van der Waals surface area (Å²) in [5.41, 5.74) is 8.65. The first kappa shape index (κ1) is 18.8. The van der Waals surface area contributed by atoms with Gasteiger partial charge in [0, 0.05) is 18.2 Å². The van der Waals surface area contributed by atoms with Crippen LogP contribution in [0.5, 0.6) is 0 Å². The predicted octanol–water partition coefficient (Wildman–Crippen LogP) is 3.40. The van der Waals surface area contributed by atoms with Crippen LogP contribution in [0, 0.1) is 11.8 Å². The van der Waals surface area contributed by atoms with E-state index in [1.54, 1.807) is 24.4 Å². The number of anilines is 1. The number of pyridine rings is 1. The summed E-state index contributed by atoms with van der Waals surface area (Å²) in [6.45, 7) is 3.81. The quantitative estimate of drug-likeness (QED) is 0.454. The van der Waals surface area contributed by atoms with E-state index in [-0.39, 0.29) is 11.7 Å². The highest BCUT2D eigenvalue weighted by Gasteiger charge is 2.22. The molecule has 4 aromatic rings. The minimum absolute atomic E-state index is 0.214. The van der Waals surface area contributed by atoms with Crippen molar-refractivity contribution < 1.29 is 4.79 Å². The molecule has 3 aromatic heterocycles. The molecular weight excluding hydrogens is 388 g/mol. The molecule has 0 spiro atoms. The molecule has 146 valence electrons. The Balaban J connectivity index is 1.49. The number of benzene rings is 1. The second-order valence-electron chi connectivity index (χ2n) is 7.34. The number of hydrogen-bond acceptors (Lipinski definition) is 4. The van der Waals surface area contributed by atoms with E-state index in [1.807, 2.05) is 36.6 Å². The van der Waals surface area contributed by atoms with Gasteiger partial charge in [-0.2, -0.15) is 0 Å². The van der Waals surface area contributed by atoms with E-state index in [2.05, 4.69) is 32.1 Å². The van der Waals surface area contributed by atoms with Crippen LogP contribution in [0.2, 0.25) is 5.02 Å². The lowest BCUT2D eigenvalue weighted by molar-refractivity contribution is 0.0905. The molecule has 4 rings (SSSR count). The zero-order valence-corrected chi connectivity index (χ0v) is 16.7. The molecule has 3 heterocycles. The Morgan fingerprint density at radius 3 is 2.97 bits per heavy atom. The predicted molar refractivity (Wildman–Crippen MR) is 114 cm³/mol. The molecule has 4 N–H and O–H groups in total. The Hall–Kier alpha value is -3.50. The fourth-order valence-electron chi connectivity index (χ4n) is 3.00. The standard InChI is InChI=1S/C21H19ClN6O/c1-21(2,10-4-6-13-12-24-19-15(23)8-5-11-28(13)19)27-20(29)18-25-16-9-3-7-14(22)17(16)26-18/h3,5,7-9,11-12H,10,23H2,1-2H3,(H,25,26)(H,27,29). The zero-order chi connectivity index (χ0) is 20.6. The first-order valence-electron chi connectivity index (χ1n) is 9.01. The molecule has 0 aliphatic carbocycles. The van der Waals surface area contributed by atoms with Gasteiger partial charge < -0.3 is 16.0 Å². The summed E-state index contributed by atoms with van der Waals surface area (Å²) in [6, 6.07) is 9.00. The van der Waals surface area contributed by atoms with Crippen LogP contribution in [0.15, 0.2) is 42.7 Å². The number of nitrogens with one attached hydrogen (secondary N) is 2. The van der Waals surface area contributed by atoms with Crippen molar-refractivity contribution in [2.75, 3.05) is 5.73 Å². The van der Waals surface area contributed by atoms with Crippen LogP contribution in [0.1, 0.15) is 36.6 Å². The topological polar surface area (TPSA) is 101 Å². The smallest absolute Gasteiger partial charge is 0.287 e. The number of imidazole rings is 2. The monoisotopic (exact) mass is 406 g/mol. The van der Waals surface area contributed by atoms with Gasteiger partial charge in [-0.1, -0.05) is 23.6 Å². The number of fused-ring (bicyclic) bond motifs is 2. The maximum atomic E-state index is 12.6. The van der Waals surface area contributed by atoms with Crippen LogP contribution in [-0.2, 0) is 0 Å². The van der Waals surface area contributed by atoms with Crippen LogP contribution in [0.4, 0.5) is 5.69 Å². The number of aromatic nitrogens is 4. The highest BCUT2D eigenvalue weighted by molar-refractivity contribution is 6.35. The average Bonchev–Trinajstić information content (AvgIpc) is 3.27. The number of aromatic amines is 1. The van der Waals surface area contributed by atoms with Crippen molar-refractivity contribution in [2.24, 2.45) is 0 Å². The fraction of sp³-hybridized carbons (Fsp3) is 0.190. The number of para-hydroxylation sites is 1. The van der Waals surface area contributed by atoms with Crippen molar-refractivity contribution in [3.05, 3.63) is 59.3 Å². The molecule has 0 saturated carbocycles. The van der Waals surface area contributed by atoms with Gasteiger partial charge in [0.15, 0.2) is 11.5 Å². The normalized spacial score (nSPS) is 11.4. The number of carbonyl (C=O) groups excluding carboxylic acids is 1. The van der Waals surface area contributed by atoms with Gasteiger partial charge in [-0.3, -0.25) is 9.20 Å². The molecular formula is C21H19ClN6O. The zero-order valence-electron chi connectivity index (χ0n) is 16.0. The molecule has 7 nitrogen and oxygen atoms in total. The van der Waals surface area contributed by atoms with Crippen LogP contribution < -0.4 is 11.1 Å². The van der Waals surface area contributed by atoms with Crippen molar-refractivity contribution in [1.29, 1.82) is 0 Å². The number of hydrogen-bond donors (Lipinski definition) is 3.